The number of rotatable bonds is 8. The van der Waals surface area contributed by atoms with Crippen LogP contribution in [0, 0.1) is 5.92 Å². The van der Waals surface area contributed by atoms with Crippen LogP contribution in [-0.2, 0) is 25.7 Å². The van der Waals surface area contributed by atoms with Gasteiger partial charge >= 0.3 is 11.9 Å². The fraction of sp³-hybridized carbons (Fsp3) is 0.619. The Kier molecular flexibility index (Phi) is 6.50. The maximum Gasteiger partial charge on any atom is 0.339 e. The maximum atomic E-state index is 12.9. The second-order valence-corrected chi connectivity index (χ2v) is 7.63. The van der Waals surface area contributed by atoms with Crippen molar-refractivity contribution < 1.29 is 29.3 Å². The molecule has 2 fully saturated rings. The van der Waals surface area contributed by atoms with E-state index in [1.165, 1.54) is 0 Å². The Morgan fingerprint density at radius 1 is 1.04 bits per heavy atom. The molecule has 6 heteroatoms. The van der Waals surface area contributed by atoms with E-state index >= 15 is 0 Å². The van der Waals surface area contributed by atoms with E-state index in [4.69, 9.17) is 9.47 Å². The third kappa shape index (κ3) is 4.50. The van der Waals surface area contributed by atoms with Gasteiger partial charge in [0.25, 0.3) is 0 Å². The van der Waals surface area contributed by atoms with Crippen molar-refractivity contribution in [3.63, 3.8) is 0 Å². The average molecular weight is 376 g/mol. The van der Waals surface area contributed by atoms with Crippen molar-refractivity contribution in [2.45, 2.75) is 75.8 Å². The van der Waals surface area contributed by atoms with Gasteiger partial charge in [-0.3, -0.25) is 0 Å². The SMILES string of the molecule is O=C(OC1CCCC1)C(OCc1ccccc1)C(O)(C(=O)O)C1CCCC1. The van der Waals surface area contributed by atoms with E-state index in [1.54, 1.807) is 0 Å². The number of carbonyl (C=O) groups is 2. The van der Waals surface area contributed by atoms with Crippen LogP contribution in [0.2, 0.25) is 0 Å². The Bertz CT molecular complexity index is 633. The minimum atomic E-state index is -2.28. The molecule has 1 aromatic rings. The van der Waals surface area contributed by atoms with Gasteiger partial charge < -0.3 is 19.7 Å². The second kappa shape index (κ2) is 8.85. The minimum Gasteiger partial charge on any atom is -0.479 e. The highest BCUT2D eigenvalue weighted by atomic mass is 16.6. The normalized spacial score (nSPS) is 21.7. The molecule has 0 saturated heterocycles. The van der Waals surface area contributed by atoms with E-state index in [9.17, 15) is 19.8 Å². The van der Waals surface area contributed by atoms with Crippen molar-refractivity contribution in [1.82, 2.24) is 0 Å². The highest BCUT2D eigenvalue weighted by Crippen LogP contribution is 2.38. The Hall–Kier alpha value is -1.92. The molecule has 2 aliphatic carbocycles. The molecule has 2 unspecified atom stereocenters. The first-order valence-corrected chi connectivity index (χ1v) is 9.83. The summed E-state index contributed by atoms with van der Waals surface area (Å²) in [4.78, 5) is 24.9. The summed E-state index contributed by atoms with van der Waals surface area (Å²) >= 11 is 0. The van der Waals surface area contributed by atoms with E-state index in [0.29, 0.717) is 12.8 Å². The lowest BCUT2D eigenvalue weighted by Crippen LogP contribution is -2.59. The summed E-state index contributed by atoms with van der Waals surface area (Å²) in [7, 11) is 0. The third-order valence-electron chi connectivity index (χ3n) is 5.78. The first-order chi connectivity index (χ1) is 13.0. The molecule has 148 valence electrons. The van der Waals surface area contributed by atoms with Crippen LogP contribution in [0.1, 0.15) is 56.9 Å². The molecule has 27 heavy (non-hydrogen) atoms. The Morgan fingerprint density at radius 3 is 2.22 bits per heavy atom. The van der Waals surface area contributed by atoms with Crippen LogP contribution < -0.4 is 0 Å². The largest absolute Gasteiger partial charge is 0.479 e. The summed E-state index contributed by atoms with van der Waals surface area (Å²) < 4.78 is 11.3. The monoisotopic (exact) mass is 376 g/mol. The first kappa shape index (κ1) is 19.8. The van der Waals surface area contributed by atoms with E-state index in [2.05, 4.69) is 0 Å². The summed E-state index contributed by atoms with van der Waals surface area (Å²) in [5, 5.41) is 21.0. The third-order valence-corrected chi connectivity index (χ3v) is 5.78. The minimum absolute atomic E-state index is 0.0353. The van der Waals surface area contributed by atoms with Crippen molar-refractivity contribution in [2.24, 2.45) is 5.92 Å². The fourth-order valence-electron chi connectivity index (χ4n) is 4.23. The molecule has 2 saturated carbocycles. The molecule has 2 N–H and O–H groups in total. The lowest BCUT2D eigenvalue weighted by atomic mass is 9.81. The lowest BCUT2D eigenvalue weighted by Gasteiger charge is -2.36. The van der Waals surface area contributed by atoms with Crippen molar-refractivity contribution in [2.75, 3.05) is 0 Å². The van der Waals surface area contributed by atoms with Crippen LogP contribution in [0.3, 0.4) is 0 Å². The van der Waals surface area contributed by atoms with E-state index in [-0.39, 0.29) is 12.7 Å². The number of hydrogen-bond acceptors (Lipinski definition) is 5. The molecule has 0 aromatic heterocycles. The number of hydrogen-bond donors (Lipinski definition) is 2. The quantitative estimate of drug-likeness (QED) is 0.678. The van der Waals surface area contributed by atoms with Gasteiger partial charge in [-0.1, -0.05) is 43.2 Å². The van der Waals surface area contributed by atoms with E-state index in [1.807, 2.05) is 30.3 Å². The summed E-state index contributed by atoms with van der Waals surface area (Å²) in [6.45, 7) is 0.0353. The highest BCUT2D eigenvalue weighted by Gasteiger charge is 2.56. The summed E-state index contributed by atoms with van der Waals surface area (Å²) in [5.74, 6) is -2.71. The van der Waals surface area contributed by atoms with Crippen molar-refractivity contribution in [1.29, 1.82) is 0 Å². The van der Waals surface area contributed by atoms with E-state index < -0.39 is 29.6 Å². The molecule has 0 amide bonds. The van der Waals surface area contributed by atoms with E-state index in [0.717, 1.165) is 44.1 Å². The van der Waals surface area contributed by atoms with Gasteiger partial charge in [0.15, 0.2) is 6.10 Å². The zero-order chi connectivity index (χ0) is 19.3. The molecule has 0 bridgehead atoms. The summed E-state index contributed by atoms with van der Waals surface area (Å²) in [5.41, 5.74) is -1.48. The van der Waals surface area contributed by atoms with Crippen LogP contribution in [-0.4, -0.2) is 40.0 Å². The zero-order valence-corrected chi connectivity index (χ0v) is 15.5. The molecule has 1 aromatic carbocycles. The number of aliphatic hydroxyl groups is 1. The smallest absolute Gasteiger partial charge is 0.339 e. The summed E-state index contributed by atoms with van der Waals surface area (Å²) in [6, 6.07) is 9.20. The average Bonchev–Trinajstić information content (AvgIpc) is 3.36. The van der Waals surface area contributed by atoms with Gasteiger partial charge in [-0.15, -0.1) is 0 Å². The summed E-state index contributed by atoms with van der Waals surface area (Å²) in [6.07, 6.45) is 4.54. The standard InChI is InChI=1S/C21H28O6/c22-19(27-17-12-6-7-13-17)18(26-14-15-8-2-1-3-9-15)21(25,20(23)24)16-10-4-5-11-16/h1-3,8-9,16-18,25H,4-7,10-14H2,(H,23,24). The topological polar surface area (TPSA) is 93.1 Å². The molecular formula is C21H28O6. The van der Waals surface area contributed by atoms with Crippen molar-refractivity contribution >= 4 is 11.9 Å². The lowest BCUT2D eigenvalue weighted by molar-refractivity contribution is -0.206. The molecule has 0 heterocycles. The second-order valence-electron chi connectivity index (χ2n) is 7.63. The van der Waals surface area contributed by atoms with Crippen LogP contribution in [0.15, 0.2) is 30.3 Å². The Labute approximate surface area is 159 Å². The molecule has 0 radical (unpaired) electrons. The number of benzene rings is 1. The number of esters is 1. The molecule has 0 spiro atoms. The molecule has 2 aliphatic rings. The van der Waals surface area contributed by atoms with Gasteiger partial charge in [0, 0.05) is 5.92 Å². The molecule has 6 nitrogen and oxygen atoms in total. The van der Waals surface area contributed by atoms with Crippen LogP contribution >= 0.6 is 0 Å². The molecule has 2 atom stereocenters. The highest BCUT2D eigenvalue weighted by molar-refractivity contribution is 5.88. The Balaban J connectivity index is 1.81. The van der Waals surface area contributed by atoms with Gasteiger partial charge in [-0.2, -0.15) is 0 Å². The van der Waals surface area contributed by atoms with Gasteiger partial charge in [0.1, 0.15) is 6.10 Å². The number of carboxylic acids is 1. The number of carboxylic acid groups (broad SMARTS) is 1. The van der Waals surface area contributed by atoms with Gasteiger partial charge in [0.05, 0.1) is 6.61 Å². The number of ether oxygens (including phenoxy) is 2. The number of carbonyl (C=O) groups excluding carboxylic acids is 1. The number of aliphatic carboxylic acids is 1. The van der Waals surface area contributed by atoms with Gasteiger partial charge in [0.2, 0.25) is 5.60 Å². The van der Waals surface area contributed by atoms with Gasteiger partial charge in [-0.25, -0.2) is 9.59 Å². The van der Waals surface area contributed by atoms with Gasteiger partial charge in [-0.05, 0) is 44.1 Å². The predicted octanol–water partition coefficient (Wildman–Crippen LogP) is 3.06. The predicted molar refractivity (Wildman–Crippen MR) is 97.9 cm³/mol. The van der Waals surface area contributed by atoms with Crippen LogP contribution in [0.4, 0.5) is 0 Å². The van der Waals surface area contributed by atoms with Crippen LogP contribution in [0.5, 0.6) is 0 Å². The Morgan fingerprint density at radius 2 is 1.63 bits per heavy atom. The maximum absolute atomic E-state index is 12.9. The van der Waals surface area contributed by atoms with Crippen molar-refractivity contribution in [3.05, 3.63) is 35.9 Å². The molecule has 0 aliphatic heterocycles. The first-order valence-electron chi connectivity index (χ1n) is 9.83. The van der Waals surface area contributed by atoms with Crippen LogP contribution in [0.25, 0.3) is 0 Å². The fourth-order valence-corrected chi connectivity index (χ4v) is 4.23. The molecule has 3 rings (SSSR count). The van der Waals surface area contributed by atoms with Crippen molar-refractivity contribution in [3.8, 4) is 0 Å². The zero-order valence-electron chi connectivity index (χ0n) is 15.5. The molecular weight excluding hydrogens is 348 g/mol.